The number of benzene rings is 2. The molecule has 1 aliphatic heterocycles. The van der Waals surface area contributed by atoms with Gasteiger partial charge in [0.1, 0.15) is 0 Å². The van der Waals surface area contributed by atoms with Gasteiger partial charge >= 0.3 is 0 Å². The third-order valence-corrected chi connectivity index (χ3v) is 5.54. The third-order valence-electron chi connectivity index (χ3n) is 5.54. The fourth-order valence-electron chi connectivity index (χ4n) is 3.68. The van der Waals surface area contributed by atoms with Crippen LogP contribution in [0.2, 0.25) is 0 Å². The lowest BCUT2D eigenvalue weighted by Crippen LogP contribution is -2.29. The van der Waals surface area contributed by atoms with Gasteiger partial charge in [-0.3, -0.25) is 9.78 Å². The Morgan fingerprint density at radius 3 is 2.55 bits per heavy atom. The van der Waals surface area contributed by atoms with Crippen LogP contribution in [0.5, 0.6) is 0 Å². The van der Waals surface area contributed by atoms with Crippen molar-refractivity contribution in [1.29, 1.82) is 0 Å². The summed E-state index contributed by atoms with van der Waals surface area (Å²) in [6.07, 6.45) is 2.74. The normalized spacial score (nSPS) is 15.8. The number of carbonyl (C=O) groups is 1. The highest BCUT2D eigenvalue weighted by Crippen LogP contribution is 2.22. The van der Waals surface area contributed by atoms with E-state index >= 15 is 0 Å². The second-order valence-corrected chi connectivity index (χ2v) is 7.74. The molecule has 2 heterocycles. The molecule has 6 nitrogen and oxygen atoms in total. The summed E-state index contributed by atoms with van der Waals surface area (Å²) in [5, 5.41) is 6.27. The van der Waals surface area contributed by atoms with Gasteiger partial charge in [-0.1, -0.05) is 30.3 Å². The summed E-state index contributed by atoms with van der Waals surface area (Å²) in [5.74, 6) is -0.173. The fraction of sp³-hybridized carbons (Fsp3) is 0.280. The predicted octanol–water partition coefficient (Wildman–Crippen LogP) is 3.85. The first-order valence-electron chi connectivity index (χ1n) is 10.6. The average molecular weight is 417 g/mol. The van der Waals surface area contributed by atoms with Gasteiger partial charge < -0.3 is 20.3 Å². The van der Waals surface area contributed by atoms with Crippen LogP contribution in [0, 0.1) is 0 Å². The van der Waals surface area contributed by atoms with Gasteiger partial charge in [-0.2, -0.15) is 0 Å². The lowest BCUT2D eigenvalue weighted by molar-refractivity contribution is 0.102. The molecule has 1 aliphatic rings. The maximum atomic E-state index is 12.5. The number of carbonyl (C=O) groups excluding carboxylic acids is 1. The standard InChI is InChI=1S/C25H28N4O2/c1-26-22-13-14-29(16-22)24-11-9-21(10-12-24)28-25(30)20-7-8-23(27-15-20)18-31-17-19-5-3-2-4-6-19/h2-12,15,22,26H,13-14,16-18H2,1H3,(H,28,30). The van der Waals surface area contributed by atoms with Crippen LogP contribution in [0.4, 0.5) is 11.4 Å². The number of anilines is 2. The molecule has 1 fully saturated rings. The van der Waals surface area contributed by atoms with E-state index in [0.717, 1.165) is 36.5 Å². The Hall–Kier alpha value is -3.22. The van der Waals surface area contributed by atoms with Crippen LogP contribution >= 0.6 is 0 Å². The minimum absolute atomic E-state index is 0.173. The molecular formula is C25H28N4O2. The minimum Gasteiger partial charge on any atom is -0.370 e. The van der Waals surface area contributed by atoms with Crippen molar-refractivity contribution < 1.29 is 9.53 Å². The van der Waals surface area contributed by atoms with E-state index in [4.69, 9.17) is 4.74 Å². The number of rotatable bonds is 8. The monoisotopic (exact) mass is 416 g/mol. The number of hydrogen-bond acceptors (Lipinski definition) is 5. The molecule has 1 amide bonds. The molecule has 3 aromatic rings. The van der Waals surface area contributed by atoms with Gasteiger partial charge in [-0.25, -0.2) is 0 Å². The minimum atomic E-state index is -0.173. The van der Waals surface area contributed by atoms with Gasteiger partial charge in [0.2, 0.25) is 0 Å². The molecule has 0 aliphatic carbocycles. The first-order chi connectivity index (χ1) is 15.2. The lowest BCUT2D eigenvalue weighted by atomic mass is 10.2. The highest BCUT2D eigenvalue weighted by atomic mass is 16.5. The Morgan fingerprint density at radius 1 is 1.06 bits per heavy atom. The van der Waals surface area contributed by atoms with E-state index in [1.807, 2.05) is 55.6 Å². The van der Waals surface area contributed by atoms with Crippen LogP contribution in [0.25, 0.3) is 0 Å². The maximum absolute atomic E-state index is 12.5. The van der Waals surface area contributed by atoms with Gasteiger partial charge in [-0.15, -0.1) is 0 Å². The van der Waals surface area contributed by atoms with E-state index in [2.05, 4.69) is 32.7 Å². The topological polar surface area (TPSA) is 66.5 Å². The molecule has 0 bridgehead atoms. The zero-order valence-electron chi connectivity index (χ0n) is 17.8. The molecule has 4 rings (SSSR count). The summed E-state index contributed by atoms with van der Waals surface area (Å²) in [6.45, 7) is 3.00. The molecule has 31 heavy (non-hydrogen) atoms. The van der Waals surface area contributed by atoms with Gasteiger partial charge in [0.05, 0.1) is 24.5 Å². The van der Waals surface area contributed by atoms with Gasteiger partial charge in [0.25, 0.3) is 5.91 Å². The highest BCUT2D eigenvalue weighted by Gasteiger charge is 2.21. The first-order valence-corrected chi connectivity index (χ1v) is 10.6. The van der Waals surface area contributed by atoms with Crippen molar-refractivity contribution in [2.75, 3.05) is 30.4 Å². The molecule has 2 aromatic carbocycles. The number of aromatic nitrogens is 1. The quantitative estimate of drug-likeness (QED) is 0.584. The molecule has 1 atom stereocenters. The second-order valence-electron chi connectivity index (χ2n) is 7.74. The Bertz CT molecular complexity index is 975. The summed E-state index contributed by atoms with van der Waals surface area (Å²) in [6, 6.07) is 22.2. The van der Waals surface area contributed by atoms with Crippen molar-refractivity contribution >= 4 is 17.3 Å². The molecular weight excluding hydrogens is 388 g/mol. The molecule has 0 saturated carbocycles. The van der Waals surface area contributed by atoms with Crippen LogP contribution < -0.4 is 15.5 Å². The van der Waals surface area contributed by atoms with Crippen molar-refractivity contribution in [2.45, 2.75) is 25.7 Å². The van der Waals surface area contributed by atoms with Crippen molar-refractivity contribution in [3.8, 4) is 0 Å². The number of likely N-dealkylation sites (N-methyl/N-ethyl adjacent to an activating group) is 1. The summed E-state index contributed by atoms with van der Waals surface area (Å²) in [5.41, 5.74) is 4.39. The number of pyridine rings is 1. The Labute approximate surface area is 183 Å². The number of nitrogens with zero attached hydrogens (tertiary/aromatic N) is 2. The number of ether oxygens (including phenoxy) is 1. The van der Waals surface area contributed by atoms with Crippen molar-refractivity contribution in [3.63, 3.8) is 0 Å². The lowest BCUT2D eigenvalue weighted by Gasteiger charge is -2.19. The van der Waals surface area contributed by atoms with Gasteiger partial charge in [0.15, 0.2) is 0 Å². The van der Waals surface area contributed by atoms with Crippen molar-refractivity contribution in [3.05, 3.63) is 89.7 Å². The van der Waals surface area contributed by atoms with E-state index in [1.165, 1.54) is 5.69 Å². The summed E-state index contributed by atoms with van der Waals surface area (Å²) >= 11 is 0. The summed E-state index contributed by atoms with van der Waals surface area (Å²) in [7, 11) is 2.01. The largest absolute Gasteiger partial charge is 0.370 e. The number of nitrogens with one attached hydrogen (secondary N) is 2. The van der Waals surface area contributed by atoms with Crippen LogP contribution in [-0.2, 0) is 18.0 Å². The van der Waals surface area contributed by atoms with Crippen molar-refractivity contribution in [1.82, 2.24) is 10.3 Å². The molecule has 0 spiro atoms. The SMILES string of the molecule is CNC1CCN(c2ccc(NC(=O)c3ccc(COCc4ccccc4)nc3)cc2)C1. The molecule has 1 aromatic heterocycles. The highest BCUT2D eigenvalue weighted by molar-refractivity contribution is 6.04. The van der Waals surface area contributed by atoms with E-state index in [-0.39, 0.29) is 5.91 Å². The fourth-order valence-corrected chi connectivity index (χ4v) is 3.68. The number of amides is 1. The van der Waals surface area contributed by atoms with E-state index in [0.29, 0.717) is 24.8 Å². The molecule has 0 radical (unpaired) electrons. The smallest absolute Gasteiger partial charge is 0.257 e. The van der Waals surface area contributed by atoms with Gasteiger partial charge in [0, 0.05) is 36.7 Å². The molecule has 2 N–H and O–H groups in total. The zero-order valence-corrected chi connectivity index (χ0v) is 17.8. The molecule has 6 heteroatoms. The van der Waals surface area contributed by atoms with E-state index in [9.17, 15) is 4.79 Å². The zero-order chi connectivity index (χ0) is 21.5. The Kier molecular flexibility index (Phi) is 6.92. The van der Waals surface area contributed by atoms with E-state index < -0.39 is 0 Å². The predicted molar refractivity (Wildman–Crippen MR) is 123 cm³/mol. The summed E-state index contributed by atoms with van der Waals surface area (Å²) < 4.78 is 5.70. The Morgan fingerprint density at radius 2 is 1.87 bits per heavy atom. The average Bonchev–Trinajstić information content (AvgIpc) is 3.30. The molecule has 160 valence electrons. The first kappa shape index (κ1) is 21.0. The molecule has 1 unspecified atom stereocenters. The summed E-state index contributed by atoms with van der Waals surface area (Å²) in [4.78, 5) is 19.3. The van der Waals surface area contributed by atoms with Crippen LogP contribution in [0.15, 0.2) is 72.9 Å². The Balaban J connectivity index is 1.27. The maximum Gasteiger partial charge on any atom is 0.257 e. The van der Waals surface area contributed by atoms with Gasteiger partial charge in [-0.05, 0) is 55.4 Å². The second kappa shape index (κ2) is 10.2. The molecule has 1 saturated heterocycles. The van der Waals surface area contributed by atoms with Crippen LogP contribution in [-0.4, -0.2) is 37.1 Å². The third kappa shape index (κ3) is 5.69. The van der Waals surface area contributed by atoms with E-state index in [1.54, 1.807) is 12.3 Å². The van der Waals surface area contributed by atoms with Crippen LogP contribution in [0.1, 0.15) is 28.0 Å². The van der Waals surface area contributed by atoms with Crippen molar-refractivity contribution in [2.24, 2.45) is 0 Å². The van der Waals surface area contributed by atoms with Crippen LogP contribution in [0.3, 0.4) is 0 Å². The number of hydrogen-bond donors (Lipinski definition) is 2.